The summed E-state index contributed by atoms with van der Waals surface area (Å²) in [7, 11) is 0. The standard InChI is InChI=1S/C20H19NO2S/c1-16(17-7-3-2-4-8-17)13-20(22)21(14-18-9-5-11-23-18)15-19-10-6-12-24-19/h2-13H,14-15H2,1H3/b16-13-. The predicted molar refractivity (Wildman–Crippen MR) is 97.4 cm³/mol. The Balaban J connectivity index is 1.79. The molecular formula is C20H19NO2S. The lowest BCUT2D eigenvalue weighted by Crippen LogP contribution is -2.28. The number of carbonyl (C=O) groups is 1. The molecular weight excluding hydrogens is 318 g/mol. The molecule has 2 heterocycles. The third kappa shape index (κ3) is 4.24. The molecule has 0 saturated heterocycles. The van der Waals surface area contributed by atoms with Gasteiger partial charge in [-0.1, -0.05) is 36.4 Å². The maximum atomic E-state index is 12.8. The monoisotopic (exact) mass is 337 g/mol. The van der Waals surface area contributed by atoms with Crippen LogP contribution in [0.5, 0.6) is 0 Å². The van der Waals surface area contributed by atoms with E-state index in [1.54, 1.807) is 28.6 Å². The van der Waals surface area contributed by atoms with Crippen LogP contribution >= 0.6 is 11.3 Å². The molecule has 0 N–H and O–H groups in total. The fourth-order valence-electron chi connectivity index (χ4n) is 2.45. The number of hydrogen-bond acceptors (Lipinski definition) is 3. The fraction of sp³-hybridized carbons (Fsp3) is 0.150. The van der Waals surface area contributed by atoms with E-state index in [2.05, 4.69) is 0 Å². The van der Waals surface area contributed by atoms with E-state index in [1.807, 2.05) is 66.9 Å². The zero-order valence-corrected chi connectivity index (χ0v) is 14.3. The largest absolute Gasteiger partial charge is 0.467 e. The Kier molecular flexibility index (Phi) is 5.29. The van der Waals surface area contributed by atoms with Gasteiger partial charge in [0, 0.05) is 11.0 Å². The Hall–Kier alpha value is -2.59. The van der Waals surface area contributed by atoms with Crippen LogP contribution in [0.2, 0.25) is 0 Å². The van der Waals surface area contributed by atoms with Crippen LogP contribution in [0.3, 0.4) is 0 Å². The Morgan fingerprint density at radius 1 is 1.08 bits per heavy atom. The van der Waals surface area contributed by atoms with Crippen molar-refractivity contribution in [2.24, 2.45) is 0 Å². The molecule has 0 aliphatic heterocycles. The summed E-state index contributed by atoms with van der Waals surface area (Å²) < 4.78 is 5.41. The van der Waals surface area contributed by atoms with Crippen LogP contribution in [0.1, 0.15) is 23.1 Å². The van der Waals surface area contributed by atoms with Crippen molar-refractivity contribution in [3.63, 3.8) is 0 Å². The van der Waals surface area contributed by atoms with E-state index in [4.69, 9.17) is 4.42 Å². The molecule has 0 fully saturated rings. The van der Waals surface area contributed by atoms with Crippen LogP contribution in [0.15, 0.2) is 76.7 Å². The summed E-state index contributed by atoms with van der Waals surface area (Å²) >= 11 is 1.65. The van der Waals surface area contributed by atoms with Gasteiger partial charge >= 0.3 is 0 Å². The molecule has 1 amide bonds. The maximum absolute atomic E-state index is 12.8. The van der Waals surface area contributed by atoms with Gasteiger partial charge in [-0.3, -0.25) is 4.79 Å². The minimum absolute atomic E-state index is 0.0128. The van der Waals surface area contributed by atoms with Gasteiger partial charge < -0.3 is 9.32 Å². The fourth-order valence-corrected chi connectivity index (χ4v) is 3.17. The molecule has 0 atom stereocenters. The minimum atomic E-state index is -0.0128. The molecule has 122 valence electrons. The average Bonchev–Trinajstić information content (AvgIpc) is 3.29. The van der Waals surface area contributed by atoms with Crippen molar-refractivity contribution in [3.8, 4) is 0 Å². The molecule has 0 unspecified atom stereocenters. The topological polar surface area (TPSA) is 33.5 Å². The number of rotatable bonds is 6. The summed E-state index contributed by atoms with van der Waals surface area (Å²) in [5.41, 5.74) is 2.01. The Morgan fingerprint density at radius 2 is 1.92 bits per heavy atom. The molecule has 0 radical (unpaired) electrons. The third-order valence-electron chi connectivity index (χ3n) is 3.73. The summed E-state index contributed by atoms with van der Waals surface area (Å²) in [5, 5.41) is 2.02. The number of thiophene rings is 1. The Labute approximate surface area is 145 Å². The number of hydrogen-bond donors (Lipinski definition) is 0. The molecule has 24 heavy (non-hydrogen) atoms. The highest BCUT2D eigenvalue weighted by Crippen LogP contribution is 2.18. The van der Waals surface area contributed by atoms with Gasteiger partial charge in [0.2, 0.25) is 5.91 Å². The highest BCUT2D eigenvalue weighted by atomic mass is 32.1. The smallest absolute Gasteiger partial charge is 0.247 e. The van der Waals surface area contributed by atoms with Crippen molar-refractivity contribution in [1.82, 2.24) is 4.90 Å². The number of amides is 1. The number of furan rings is 1. The van der Waals surface area contributed by atoms with Crippen molar-refractivity contribution < 1.29 is 9.21 Å². The van der Waals surface area contributed by atoms with Gasteiger partial charge in [0.05, 0.1) is 19.4 Å². The minimum Gasteiger partial charge on any atom is -0.467 e. The van der Waals surface area contributed by atoms with Crippen molar-refractivity contribution in [2.45, 2.75) is 20.0 Å². The van der Waals surface area contributed by atoms with Gasteiger partial charge in [-0.05, 0) is 41.6 Å². The van der Waals surface area contributed by atoms with Gasteiger partial charge in [-0.25, -0.2) is 0 Å². The second-order valence-electron chi connectivity index (χ2n) is 5.55. The van der Waals surface area contributed by atoms with Crippen LogP contribution < -0.4 is 0 Å². The lowest BCUT2D eigenvalue weighted by molar-refractivity contribution is -0.127. The Morgan fingerprint density at radius 3 is 2.58 bits per heavy atom. The zero-order valence-electron chi connectivity index (χ0n) is 13.5. The van der Waals surface area contributed by atoms with E-state index in [-0.39, 0.29) is 5.91 Å². The summed E-state index contributed by atoms with van der Waals surface area (Å²) in [6, 6.07) is 17.7. The molecule has 1 aromatic carbocycles. The molecule has 3 aromatic rings. The third-order valence-corrected chi connectivity index (χ3v) is 4.60. The first-order chi connectivity index (χ1) is 11.7. The average molecular weight is 337 g/mol. The van der Waals surface area contributed by atoms with Crippen LogP contribution in [0.4, 0.5) is 0 Å². The van der Waals surface area contributed by atoms with E-state index in [9.17, 15) is 4.79 Å². The molecule has 0 aliphatic carbocycles. The molecule has 4 heteroatoms. The van der Waals surface area contributed by atoms with Crippen LogP contribution in [-0.2, 0) is 17.9 Å². The van der Waals surface area contributed by atoms with Crippen molar-refractivity contribution in [2.75, 3.05) is 0 Å². The van der Waals surface area contributed by atoms with Crippen LogP contribution in [-0.4, -0.2) is 10.8 Å². The van der Waals surface area contributed by atoms with Gasteiger partial charge in [-0.2, -0.15) is 0 Å². The number of benzene rings is 1. The van der Waals surface area contributed by atoms with Crippen LogP contribution in [0.25, 0.3) is 5.57 Å². The number of carbonyl (C=O) groups excluding carboxylic acids is 1. The molecule has 0 bridgehead atoms. The second-order valence-corrected chi connectivity index (χ2v) is 6.58. The first-order valence-corrected chi connectivity index (χ1v) is 8.68. The van der Waals surface area contributed by atoms with Crippen LogP contribution in [0, 0.1) is 0 Å². The summed E-state index contributed by atoms with van der Waals surface area (Å²) in [6.07, 6.45) is 3.33. The lowest BCUT2D eigenvalue weighted by Gasteiger charge is -2.20. The van der Waals surface area contributed by atoms with Gasteiger partial charge in [0.1, 0.15) is 5.76 Å². The van der Waals surface area contributed by atoms with Crippen molar-refractivity contribution >= 4 is 22.8 Å². The predicted octanol–water partition coefficient (Wildman–Crippen LogP) is 4.97. The Bertz CT molecular complexity index is 753. The molecule has 0 saturated carbocycles. The second kappa shape index (κ2) is 7.79. The van der Waals surface area contributed by atoms with E-state index in [0.717, 1.165) is 21.8 Å². The van der Waals surface area contributed by atoms with Gasteiger partial charge in [0.25, 0.3) is 0 Å². The highest BCUT2D eigenvalue weighted by molar-refractivity contribution is 7.09. The van der Waals surface area contributed by atoms with E-state index < -0.39 is 0 Å². The van der Waals surface area contributed by atoms with E-state index >= 15 is 0 Å². The quantitative estimate of drug-likeness (QED) is 0.595. The zero-order chi connectivity index (χ0) is 16.8. The lowest BCUT2D eigenvalue weighted by atomic mass is 10.1. The molecule has 3 rings (SSSR count). The summed E-state index contributed by atoms with van der Waals surface area (Å²) in [4.78, 5) is 15.7. The van der Waals surface area contributed by atoms with Gasteiger partial charge in [-0.15, -0.1) is 11.3 Å². The number of allylic oxidation sites excluding steroid dienone is 1. The van der Waals surface area contributed by atoms with Gasteiger partial charge in [0.15, 0.2) is 0 Å². The maximum Gasteiger partial charge on any atom is 0.247 e. The van der Waals surface area contributed by atoms with Crippen molar-refractivity contribution in [3.05, 3.63) is 88.5 Å². The molecule has 3 nitrogen and oxygen atoms in total. The summed E-state index contributed by atoms with van der Waals surface area (Å²) in [5.74, 6) is 0.770. The normalized spacial score (nSPS) is 11.5. The molecule has 2 aromatic heterocycles. The first-order valence-electron chi connectivity index (χ1n) is 7.80. The van der Waals surface area contributed by atoms with Crippen molar-refractivity contribution in [1.29, 1.82) is 0 Å². The summed E-state index contributed by atoms with van der Waals surface area (Å²) in [6.45, 7) is 3.00. The molecule has 0 spiro atoms. The van der Waals surface area contributed by atoms with E-state index in [1.165, 1.54) is 0 Å². The highest BCUT2D eigenvalue weighted by Gasteiger charge is 2.15. The van der Waals surface area contributed by atoms with E-state index in [0.29, 0.717) is 13.1 Å². The first kappa shape index (κ1) is 16.3. The molecule has 0 aliphatic rings. The number of nitrogens with zero attached hydrogens (tertiary/aromatic N) is 1. The SMILES string of the molecule is C/C(=C/C(=O)N(Cc1ccco1)Cc1cccs1)c1ccccc1.